The van der Waals surface area contributed by atoms with Crippen LogP contribution < -0.4 is 9.64 Å². The van der Waals surface area contributed by atoms with E-state index >= 15 is 0 Å². The molecule has 3 rings (SSSR count). The molecular formula is C18H26BrN2O2+. The summed E-state index contributed by atoms with van der Waals surface area (Å²) in [5, 5.41) is 0. The maximum atomic E-state index is 12.7. The van der Waals surface area contributed by atoms with Crippen molar-refractivity contribution in [2.24, 2.45) is 5.92 Å². The molecule has 0 radical (unpaired) electrons. The number of rotatable bonds is 4. The molecule has 5 heteroatoms. The molecule has 0 spiro atoms. The Morgan fingerprint density at radius 2 is 2.13 bits per heavy atom. The van der Waals surface area contributed by atoms with Crippen molar-refractivity contribution in [1.29, 1.82) is 0 Å². The van der Waals surface area contributed by atoms with Gasteiger partial charge in [0.2, 0.25) is 5.91 Å². The number of benzene rings is 1. The number of nitrogens with one attached hydrogen (secondary N) is 1. The third kappa shape index (κ3) is 4.07. The summed E-state index contributed by atoms with van der Waals surface area (Å²) in [6, 6.07) is 6.15. The van der Waals surface area contributed by atoms with Crippen molar-refractivity contribution in [3.05, 3.63) is 28.2 Å². The van der Waals surface area contributed by atoms with E-state index in [1.807, 2.05) is 12.1 Å². The number of quaternary nitrogens is 1. The maximum Gasteiger partial charge on any atom is 0.231 e. The number of halogens is 1. The van der Waals surface area contributed by atoms with Gasteiger partial charge in [-0.2, -0.15) is 0 Å². The average Bonchev–Trinajstić information content (AvgIpc) is 3.09. The van der Waals surface area contributed by atoms with E-state index < -0.39 is 0 Å². The highest BCUT2D eigenvalue weighted by atomic mass is 79.9. The normalized spacial score (nSPS) is 24.7. The molecule has 2 aliphatic heterocycles. The molecule has 23 heavy (non-hydrogen) atoms. The molecule has 1 aromatic carbocycles. The van der Waals surface area contributed by atoms with Crippen LogP contribution in [0.3, 0.4) is 0 Å². The van der Waals surface area contributed by atoms with Crippen LogP contribution in [0.2, 0.25) is 0 Å². The Balaban J connectivity index is 1.64. The van der Waals surface area contributed by atoms with Gasteiger partial charge in [-0.25, -0.2) is 0 Å². The Hall–Kier alpha value is -1.07. The highest BCUT2D eigenvalue weighted by molar-refractivity contribution is 9.10. The Morgan fingerprint density at radius 1 is 1.35 bits per heavy atom. The van der Waals surface area contributed by atoms with Gasteiger partial charge in [0, 0.05) is 23.1 Å². The second-order valence-corrected chi connectivity index (χ2v) is 7.62. The lowest BCUT2D eigenvalue weighted by atomic mass is 9.96. The molecule has 1 aromatic rings. The third-order valence-corrected chi connectivity index (χ3v) is 5.56. The fourth-order valence-electron chi connectivity index (χ4n) is 3.87. The number of piperidine rings is 1. The molecule has 0 aliphatic carbocycles. The van der Waals surface area contributed by atoms with Crippen LogP contribution in [0, 0.1) is 5.92 Å². The van der Waals surface area contributed by atoms with E-state index in [1.54, 1.807) is 7.11 Å². The van der Waals surface area contributed by atoms with E-state index in [4.69, 9.17) is 4.74 Å². The monoisotopic (exact) mass is 381 g/mol. The molecule has 1 amide bonds. The van der Waals surface area contributed by atoms with Crippen molar-refractivity contribution < 1.29 is 14.4 Å². The number of hydrogen-bond acceptors (Lipinski definition) is 2. The van der Waals surface area contributed by atoms with Gasteiger partial charge in [0.1, 0.15) is 12.3 Å². The van der Waals surface area contributed by atoms with Crippen LogP contribution in [0.4, 0.5) is 0 Å². The van der Waals surface area contributed by atoms with Crippen LogP contribution in [0.1, 0.15) is 31.2 Å². The number of likely N-dealkylation sites (tertiary alicyclic amines) is 2. The van der Waals surface area contributed by atoms with Gasteiger partial charge < -0.3 is 14.5 Å². The molecule has 2 atom stereocenters. The molecule has 2 heterocycles. The quantitative estimate of drug-likeness (QED) is 0.863. The fourth-order valence-corrected chi connectivity index (χ4v) is 4.28. The molecule has 4 nitrogen and oxygen atoms in total. The highest BCUT2D eigenvalue weighted by Crippen LogP contribution is 2.23. The summed E-state index contributed by atoms with van der Waals surface area (Å²) in [6.45, 7) is 4.94. The minimum Gasteiger partial charge on any atom is -0.496 e. The van der Waals surface area contributed by atoms with E-state index in [0.29, 0.717) is 5.91 Å². The fraction of sp³-hybridized carbons (Fsp3) is 0.611. The van der Waals surface area contributed by atoms with Crippen molar-refractivity contribution in [2.45, 2.75) is 32.2 Å². The standard InChI is InChI=1S/C18H25BrN2O2/c1-23-17-7-6-16(19)11-15(17)13-20-8-4-5-14(12-20)18(22)21-9-2-3-10-21/h6-7,11,14H,2-5,8-10,12-13H2,1H3/p+1/t14-/m0/s1. The van der Waals surface area contributed by atoms with Gasteiger partial charge in [0.05, 0.1) is 26.1 Å². The Kier molecular flexibility index (Phi) is 5.59. The number of carbonyl (C=O) groups excluding carboxylic acids is 1. The Bertz CT molecular complexity index is 558. The largest absolute Gasteiger partial charge is 0.496 e. The molecule has 0 aromatic heterocycles. The van der Waals surface area contributed by atoms with Crippen molar-refractivity contribution in [3.8, 4) is 5.75 Å². The van der Waals surface area contributed by atoms with Gasteiger partial charge in [-0.1, -0.05) is 15.9 Å². The topological polar surface area (TPSA) is 34.0 Å². The lowest BCUT2D eigenvalue weighted by molar-refractivity contribution is -0.921. The zero-order chi connectivity index (χ0) is 16.2. The first kappa shape index (κ1) is 16.8. The summed E-state index contributed by atoms with van der Waals surface area (Å²) in [6.07, 6.45) is 4.53. The molecule has 1 unspecified atom stereocenters. The van der Waals surface area contributed by atoms with Crippen molar-refractivity contribution >= 4 is 21.8 Å². The maximum absolute atomic E-state index is 12.7. The van der Waals surface area contributed by atoms with Gasteiger partial charge >= 0.3 is 0 Å². The molecule has 2 aliphatic rings. The van der Waals surface area contributed by atoms with Crippen molar-refractivity contribution in [2.75, 3.05) is 33.3 Å². The van der Waals surface area contributed by atoms with Crippen LogP contribution in [-0.2, 0) is 11.3 Å². The highest BCUT2D eigenvalue weighted by Gasteiger charge is 2.33. The summed E-state index contributed by atoms with van der Waals surface area (Å²) >= 11 is 3.54. The number of ether oxygens (including phenoxy) is 1. The first-order valence-electron chi connectivity index (χ1n) is 8.62. The summed E-state index contributed by atoms with van der Waals surface area (Å²) in [5.74, 6) is 1.53. The molecule has 1 N–H and O–H groups in total. The average molecular weight is 382 g/mol. The van der Waals surface area contributed by atoms with Gasteiger partial charge in [-0.15, -0.1) is 0 Å². The smallest absolute Gasteiger partial charge is 0.231 e. The van der Waals surface area contributed by atoms with Gasteiger partial charge in [0.25, 0.3) is 0 Å². The second kappa shape index (κ2) is 7.67. The van der Waals surface area contributed by atoms with Gasteiger partial charge in [-0.3, -0.25) is 4.79 Å². The first-order chi connectivity index (χ1) is 11.2. The Morgan fingerprint density at radius 3 is 2.87 bits per heavy atom. The molecule has 126 valence electrons. The SMILES string of the molecule is COc1ccc(Br)cc1C[NH+]1CCC[C@H](C(=O)N2CCCC2)C1. The number of methoxy groups -OCH3 is 1. The Labute approximate surface area is 146 Å². The number of nitrogens with zero attached hydrogens (tertiary/aromatic N) is 1. The van der Waals surface area contributed by atoms with E-state index in [0.717, 1.165) is 55.8 Å². The van der Waals surface area contributed by atoms with Crippen molar-refractivity contribution in [1.82, 2.24) is 4.90 Å². The van der Waals surface area contributed by atoms with Gasteiger partial charge in [0.15, 0.2) is 0 Å². The summed E-state index contributed by atoms with van der Waals surface area (Å²) in [5.41, 5.74) is 1.21. The summed E-state index contributed by atoms with van der Waals surface area (Å²) < 4.78 is 6.57. The number of carbonyl (C=O) groups is 1. The molecule has 2 saturated heterocycles. The van der Waals surface area contributed by atoms with Crippen LogP contribution in [0.25, 0.3) is 0 Å². The predicted octanol–water partition coefficient (Wildman–Crippen LogP) is 1.87. The zero-order valence-corrected chi connectivity index (χ0v) is 15.4. The lowest BCUT2D eigenvalue weighted by Gasteiger charge is -2.31. The summed E-state index contributed by atoms with van der Waals surface area (Å²) in [4.78, 5) is 16.2. The first-order valence-corrected chi connectivity index (χ1v) is 9.41. The van der Waals surface area contributed by atoms with Crippen LogP contribution in [-0.4, -0.2) is 44.1 Å². The minimum absolute atomic E-state index is 0.204. The predicted molar refractivity (Wildman–Crippen MR) is 93.6 cm³/mol. The van der Waals surface area contributed by atoms with Crippen LogP contribution in [0.5, 0.6) is 5.75 Å². The molecule has 0 bridgehead atoms. The number of amides is 1. The van der Waals surface area contributed by atoms with E-state index in [9.17, 15) is 4.79 Å². The molecular weight excluding hydrogens is 356 g/mol. The van der Waals surface area contributed by atoms with Crippen LogP contribution in [0.15, 0.2) is 22.7 Å². The molecule has 2 fully saturated rings. The number of hydrogen-bond donors (Lipinski definition) is 1. The zero-order valence-electron chi connectivity index (χ0n) is 13.8. The van der Waals surface area contributed by atoms with E-state index in [1.165, 1.54) is 23.3 Å². The summed E-state index contributed by atoms with van der Waals surface area (Å²) in [7, 11) is 1.72. The minimum atomic E-state index is 0.204. The van der Waals surface area contributed by atoms with E-state index in [2.05, 4.69) is 26.9 Å². The molecule has 0 saturated carbocycles. The second-order valence-electron chi connectivity index (χ2n) is 6.71. The van der Waals surface area contributed by atoms with Crippen LogP contribution >= 0.6 is 15.9 Å². The van der Waals surface area contributed by atoms with Crippen molar-refractivity contribution in [3.63, 3.8) is 0 Å². The third-order valence-electron chi connectivity index (χ3n) is 5.07. The lowest BCUT2D eigenvalue weighted by Crippen LogP contribution is -3.12. The van der Waals surface area contributed by atoms with E-state index in [-0.39, 0.29) is 5.92 Å². The van der Waals surface area contributed by atoms with Gasteiger partial charge in [-0.05, 0) is 43.9 Å².